The smallest absolute Gasteiger partial charge is 0.250 e. The fraction of sp³-hybridized carbons (Fsp3) is 0.667. The molecule has 1 unspecified atom stereocenters. The number of nitrogens with one attached hydrogen (secondary N) is 1. The quantitative estimate of drug-likeness (QED) is 0.684. The predicted octanol–water partition coefficient (Wildman–Crippen LogP) is 2.80. The fourth-order valence-corrected chi connectivity index (χ4v) is 2.06. The van der Waals surface area contributed by atoms with E-state index in [4.69, 9.17) is 0 Å². The molecule has 1 atom stereocenters. The molecular formula is C15H26N2O. The van der Waals surface area contributed by atoms with E-state index < -0.39 is 0 Å². The molecule has 0 aliphatic rings. The van der Waals surface area contributed by atoms with Gasteiger partial charge in [-0.05, 0) is 19.4 Å². The Hall–Kier alpha value is -1.09. The highest BCUT2D eigenvalue weighted by Crippen LogP contribution is 2.04. The first-order valence-electron chi connectivity index (χ1n) is 7.13. The Kier molecular flexibility index (Phi) is 7.42. The van der Waals surface area contributed by atoms with Crippen LogP contribution in [0.15, 0.2) is 29.2 Å². The number of aromatic nitrogens is 1. The van der Waals surface area contributed by atoms with E-state index in [2.05, 4.69) is 19.2 Å². The Balaban J connectivity index is 2.14. The molecule has 102 valence electrons. The number of nitrogens with zero attached hydrogens (tertiary/aromatic N) is 1. The molecule has 0 aromatic carbocycles. The van der Waals surface area contributed by atoms with Crippen molar-refractivity contribution >= 4 is 0 Å². The lowest BCUT2D eigenvalue weighted by atomic mass is 10.1. The van der Waals surface area contributed by atoms with Crippen LogP contribution in [0.4, 0.5) is 0 Å². The Morgan fingerprint density at radius 1 is 1.28 bits per heavy atom. The molecule has 0 spiro atoms. The third kappa shape index (κ3) is 6.01. The topological polar surface area (TPSA) is 34.0 Å². The standard InChI is InChI=1S/C15H26N2O/c1-3-4-5-6-9-14(2)16-11-13-17-12-8-7-10-15(17)18/h7-8,10,12,14,16H,3-6,9,11,13H2,1-2H3. The SMILES string of the molecule is CCCCCCC(C)NCCn1ccccc1=O. The van der Waals surface area contributed by atoms with Gasteiger partial charge < -0.3 is 9.88 Å². The van der Waals surface area contributed by atoms with Crippen LogP contribution in [0.2, 0.25) is 0 Å². The summed E-state index contributed by atoms with van der Waals surface area (Å²) < 4.78 is 1.75. The summed E-state index contributed by atoms with van der Waals surface area (Å²) in [6.07, 6.45) is 8.33. The molecule has 1 aromatic heterocycles. The van der Waals surface area contributed by atoms with Crippen molar-refractivity contribution in [3.05, 3.63) is 34.7 Å². The first-order valence-corrected chi connectivity index (χ1v) is 7.13. The van der Waals surface area contributed by atoms with Crippen LogP contribution in [0, 0.1) is 0 Å². The van der Waals surface area contributed by atoms with E-state index in [0.29, 0.717) is 6.04 Å². The third-order valence-electron chi connectivity index (χ3n) is 3.24. The van der Waals surface area contributed by atoms with Crippen LogP contribution in [0.5, 0.6) is 0 Å². The summed E-state index contributed by atoms with van der Waals surface area (Å²) in [5.41, 5.74) is 0.0786. The van der Waals surface area contributed by atoms with Gasteiger partial charge in [-0.2, -0.15) is 0 Å². The van der Waals surface area contributed by atoms with Crippen molar-refractivity contribution in [2.24, 2.45) is 0 Å². The van der Waals surface area contributed by atoms with Gasteiger partial charge in [0.25, 0.3) is 5.56 Å². The number of hydrogen-bond donors (Lipinski definition) is 1. The van der Waals surface area contributed by atoms with Gasteiger partial charge in [-0.25, -0.2) is 0 Å². The maximum Gasteiger partial charge on any atom is 0.250 e. The molecule has 0 radical (unpaired) electrons. The van der Waals surface area contributed by atoms with Gasteiger partial charge in [0.15, 0.2) is 0 Å². The van der Waals surface area contributed by atoms with E-state index in [9.17, 15) is 4.79 Å². The minimum absolute atomic E-state index is 0.0786. The molecule has 3 heteroatoms. The maximum atomic E-state index is 11.5. The average molecular weight is 250 g/mol. The largest absolute Gasteiger partial charge is 0.314 e. The minimum Gasteiger partial charge on any atom is -0.314 e. The zero-order valence-corrected chi connectivity index (χ0v) is 11.7. The highest BCUT2D eigenvalue weighted by Gasteiger charge is 2.01. The third-order valence-corrected chi connectivity index (χ3v) is 3.24. The van der Waals surface area contributed by atoms with Gasteiger partial charge in [0.2, 0.25) is 0 Å². The van der Waals surface area contributed by atoms with Crippen LogP contribution in [0.1, 0.15) is 46.0 Å². The second-order valence-corrected chi connectivity index (χ2v) is 4.94. The van der Waals surface area contributed by atoms with Crippen LogP contribution in [-0.4, -0.2) is 17.2 Å². The van der Waals surface area contributed by atoms with Crippen molar-refractivity contribution in [2.45, 2.75) is 58.5 Å². The minimum atomic E-state index is 0.0786. The highest BCUT2D eigenvalue weighted by atomic mass is 16.1. The lowest BCUT2D eigenvalue weighted by Crippen LogP contribution is -2.31. The van der Waals surface area contributed by atoms with Crippen LogP contribution >= 0.6 is 0 Å². The van der Waals surface area contributed by atoms with Crippen molar-refractivity contribution in [3.63, 3.8) is 0 Å². The summed E-state index contributed by atoms with van der Waals surface area (Å²) in [6, 6.07) is 5.83. The molecule has 0 saturated heterocycles. The van der Waals surface area contributed by atoms with Gasteiger partial charge in [0.05, 0.1) is 0 Å². The fourth-order valence-electron chi connectivity index (χ4n) is 2.06. The van der Waals surface area contributed by atoms with E-state index in [0.717, 1.165) is 13.1 Å². The van der Waals surface area contributed by atoms with Gasteiger partial charge in [-0.3, -0.25) is 4.79 Å². The number of pyridine rings is 1. The summed E-state index contributed by atoms with van der Waals surface area (Å²) >= 11 is 0. The molecule has 0 amide bonds. The van der Waals surface area contributed by atoms with Crippen molar-refractivity contribution in [1.29, 1.82) is 0 Å². The van der Waals surface area contributed by atoms with Gasteiger partial charge >= 0.3 is 0 Å². The lowest BCUT2D eigenvalue weighted by molar-refractivity contribution is 0.464. The molecule has 3 nitrogen and oxygen atoms in total. The summed E-state index contributed by atoms with van der Waals surface area (Å²) in [7, 11) is 0. The summed E-state index contributed by atoms with van der Waals surface area (Å²) in [4.78, 5) is 11.5. The molecule has 0 saturated carbocycles. The number of rotatable bonds is 9. The monoisotopic (exact) mass is 250 g/mol. The van der Waals surface area contributed by atoms with Crippen molar-refractivity contribution in [2.75, 3.05) is 6.54 Å². The number of hydrogen-bond acceptors (Lipinski definition) is 2. The Morgan fingerprint density at radius 3 is 2.83 bits per heavy atom. The predicted molar refractivity (Wildman–Crippen MR) is 76.9 cm³/mol. The zero-order chi connectivity index (χ0) is 13.2. The molecule has 1 rings (SSSR count). The Morgan fingerprint density at radius 2 is 2.11 bits per heavy atom. The van der Waals surface area contributed by atoms with E-state index in [1.165, 1.54) is 32.1 Å². The van der Waals surface area contributed by atoms with Crippen LogP contribution in [0.25, 0.3) is 0 Å². The van der Waals surface area contributed by atoms with E-state index in [1.807, 2.05) is 12.3 Å². The lowest BCUT2D eigenvalue weighted by Gasteiger charge is -2.14. The maximum absolute atomic E-state index is 11.5. The van der Waals surface area contributed by atoms with E-state index in [1.54, 1.807) is 16.7 Å². The first kappa shape index (κ1) is 15.0. The molecule has 1 N–H and O–H groups in total. The van der Waals surface area contributed by atoms with Crippen LogP contribution in [-0.2, 0) is 6.54 Å². The Bertz CT molecular complexity index is 373. The molecule has 1 heterocycles. The zero-order valence-electron chi connectivity index (χ0n) is 11.7. The Labute approximate surface area is 110 Å². The summed E-state index contributed by atoms with van der Waals surface area (Å²) in [5.74, 6) is 0. The van der Waals surface area contributed by atoms with Crippen LogP contribution in [0.3, 0.4) is 0 Å². The highest BCUT2D eigenvalue weighted by molar-refractivity contribution is 4.93. The van der Waals surface area contributed by atoms with E-state index >= 15 is 0 Å². The molecule has 0 fully saturated rings. The molecular weight excluding hydrogens is 224 g/mol. The van der Waals surface area contributed by atoms with E-state index in [-0.39, 0.29) is 5.56 Å². The molecule has 18 heavy (non-hydrogen) atoms. The molecule has 0 bridgehead atoms. The molecule has 1 aromatic rings. The van der Waals surface area contributed by atoms with Crippen LogP contribution < -0.4 is 10.9 Å². The second-order valence-electron chi connectivity index (χ2n) is 4.94. The van der Waals surface area contributed by atoms with Crippen molar-refractivity contribution < 1.29 is 0 Å². The summed E-state index contributed by atoms with van der Waals surface area (Å²) in [6.45, 7) is 6.07. The second kappa shape index (κ2) is 8.92. The molecule has 0 aliphatic heterocycles. The number of unbranched alkanes of at least 4 members (excludes halogenated alkanes) is 3. The van der Waals surface area contributed by atoms with Gasteiger partial charge in [-0.1, -0.05) is 38.7 Å². The normalized spacial score (nSPS) is 12.6. The van der Waals surface area contributed by atoms with Gasteiger partial charge in [-0.15, -0.1) is 0 Å². The van der Waals surface area contributed by atoms with Crippen molar-refractivity contribution in [1.82, 2.24) is 9.88 Å². The van der Waals surface area contributed by atoms with Gasteiger partial charge in [0, 0.05) is 31.4 Å². The van der Waals surface area contributed by atoms with Crippen molar-refractivity contribution in [3.8, 4) is 0 Å². The molecule has 0 aliphatic carbocycles. The average Bonchev–Trinajstić information content (AvgIpc) is 2.37. The first-order chi connectivity index (χ1) is 8.74. The summed E-state index contributed by atoms with van der Waals surface area (Å²) in [5, 5.41) is 3.48. The van der Waals surface area contributed by atoms with Gasteiger partial charge in [0.1, 0.15) is 0 Å².